The standard InChI is InChI=1S/C37H48N2O4/c1-35-17-12-30(38-43-23-22-39-20-15-27(16-21-39)26-6-4-3-5-7-26)24-29(35)9-10-33-32(35)13-18-36(2)31(14-19-37(33,36)41)28-8-11-34(40)42-25-28/h3-8,11,24-25,27,31-33,41H,9-10,12-23H2,1-2H3/b38-30+/t31-,32?,33?,35+,36-,37+/m1/s1. The maximum atomic E-state index is 12.5. The maximum absolute atomic E-state index is 12.5. The number of hydrogen-bond donors (Lipinski definition) is 1. The Labute approximate surface area is 256 Å². The molecule has 7 rings (SSSR count). The summed E-state index contributed by atoms with van der Waals surface area (Å²) in [7, 11) is 0. The minimum atomic E-state index is -0.682. The molecule has 2 unspecified atom stereocenters. The van der Waals surface area contributed by atoms with Crippen molar-refractivity contribution in [1.29, 1.82) is 0 Å². The third kappa shape index (κ3) is 5.03. The molecule has 4 fully saturated rings. The molecule has 6 atom stereocenters. The van der Waals surface area contributed by atoms with Crippen LogP contribution in [-0.4, -0.2) is 47.6 Å². The van der Waals surface area contributed by atoms with Gasteiger partial charge in [0.1, 0.15) is 6.61 Å². The first kappa shape index (κ1) is 29.0. The molecule has 0 spiro atoms. The summed E-state index contributed by atoms with van der Waals surface area (Å²) in [4.78, 5) is 20.0. The Hall–Kier alpha value is -2.70. The van der Waals surface area contributed by atoms with Gasteiger partial charge in [0.25, 0.3) is 0 Å². The minimum Gasteiger partial charge on any atom is -0.431 e. The number of hydrogen-bond acceptors (Lipinski definition) is 6. The molecule has 0 radical (unpaired) electrons. The van der Waals surface area contributed by atoms with E-state index in [-0.39, 0.29) is 22.4 Å². The SMILES string of the molecule is C[C@]12CC/C(=N\OCCN3CCC(c4ccccc4)CC3)C=C1CCC1C2CC[C@]2(C)[C@@H](c3ccc(=O)oc3)CC[C@]12O. The predicted octanol–water partition coefficient (Wildman–Crippen LogP) is 7.05. The molecule has 1 aromatic carbocycles. The molecule has 3 saturated carbocycles. The van der Waals surface area contributed by atoms with Gasteiger partial charge >= 0.3 is 5.63 Å². The van der Waals surface area contributed by atoms with Gasteiger partial charge < -0.3 is 14.4 Å². The van der Waals surface area contributed by atoms with Crippen molar-refractivity contribution in [2.45, 2.75) is 95.5 Å². The average Bonchev–Trinajstić information content (AvgIpc) is 3.31. The molecular weight excluding hydrogens is 536 g/mol. The number of aliphatic hydroxyl groups is 1. The molecule has 6 heteroatoms. The van der Waals surface area contributed by atoms with Crippen molar-refractivity contribution in [3.8, 4) is 0 Å². The fourth-order valence-corrected chi connectivity index (χ4v) is 10.2. The first-order valence-electron chi connectivity index (χ1n) is 16.8. The van der Waals surface area contributed by atoms with Crippen molar-refractivity contribution in [1.82, 2.24) is 4.90 Å². The fourth-order valence-electron chi connectivity index (χ4n) is 10.2. The molecule has 1 saturated heterocycles. The van der Waals surface area contributed by atoms with Crippen molar-refractivity contribution in [2.24, 2.45) is 27.8 Å². The zero-order valence-corrected chi connectivity index (χ0v) is 26.0. The Morgan fingerprint density at radius 2 is 1.74 bits per heavy atom. The van der Waals surface area contributed by atoms with Crippen LogP contribution < -0.4 is 5.63 Å². The Balaban J connectivity index is 0.964. The Morgan fingerprint density at radius 1 is 0.930 bits per heavy atom. The van der Waals surface area contributed by atoms with E-state index in [9.17, 15) is 9.90 Å². The summed E-state index contributed by atoms with van der Waals surface area (Å²) >= 11 is 0. The monoisotopic (exact) mass is 584 g/mol. The van der Waals surface area contributed by atoms with Gasteiger partial charge in [0.2, 0.25) is 0 Å². The molecule has 2 heterocycles. The van der Waals surface area contributed by atoms with Crippen LogP contribution in [0.1, 0.15) is 101 Å². The first-order valence-corrected chi connectivity index (χ1v) is 16.8. The largest absolute Gasteiger partial charge is 0.431 e. The van der Waals surface area contributed by atoms with Crippen LogP contribution in [0.4, 0.5) is 0 Å². The molecular formula is C37H48N2O4. The fraction of sp³-hybridized carbons (Fsp3) is 0.622. The molecule has 1 aliphatic heterocycles. The zero-order valence-electron chi connectivity index (χ0n) is 26.0. The topological polar surface area (TPSA) is 75.3 Å². The quantitative estimate of drug-likeness (QED) is 0.291. The summed E-state index contributed by atoms with van der Waals surface area (Å²) in [5.74, 6) is 1.69. The van der Waals surface area contributed by atoms with Gasteiger partial charge in [0.15, 0.2) is 0 Å². The van der Waals surface area contributed by atoms with Crippen LogP contribution in [0.3, 0.4) is 0 Å². The molecule has 0 bridgehead atoms. The highest BCUT2D eigenvalue weighted by Gasteiger charge is 2.66. The summed E-state index contributed by atoms with van der Waals surface area (Å²) in [5.41, 5.74) is 4.06. The molecule has 0 amide bonds. The van der Waals surface area contributed by atoms with Gasteiger partial charge in [-0.25, -0.2) is 4.79 Å². The summed E-state index contributed by atoms with van der Waals surface area (Å²) in [6.45, 7) is 8.58. The van der Waals surface area contributed by atoms with Crippen LogP contribution >= 0.6 is 0 Å². The van der Waals surface area contributed by atoms with Gasteiger partial charge in [-0.05, 0) is 130 Å². The Bertz CT molecular complexity index is 1410. The number of rotatable bonds is 6. The van der Waals surface area contributed by atoms with E-state index in [0.29, 0.717) is 24.4 Å². The second kappa shape index (κ2) is 11.3. The van der Waals surface area contributed by atoms with E-state index in [1.54, 1.807) is 6.26 Å². The molecule has 43 heavy (non-hydrogen) atoms. The molecule has 2 aromatic rings. The lowest BCUT2D eigenvalue weighted by atomic mass is 9.45. The molecule has 4 aliphatic carbocycles. The Kier molecular flexibility index (Phi) is 7.66. The van der Waals surface area contributed by atoms with Gasteiger partial charge in [0, 0.05) is 18.0 Å². The number of oxime groups is 1. The van der Waals surface area contributed by atoms with Crippen molar-refractivity contribution >= 4 is 5.71 Å². The van der Waals surface area contributed by atoms with E-state index < -0.39 is 5.60 Å². The zero-order chi connectivity index (χ0) is 29.7. The normalized spacial score (nSPS) is 37.3. The minimum absolute atomic E-state index is 0.111. The lowest BCUT2D eigenvalue weighted by Crippen LogP contribution is -2.60. The van der Waals surface area contributed by atoms with E-state index in [1.807, 2.05) is 6.07 Å². The highest BCUT2D eigenvalue weighted by Crippen LogP contribution is 2.70. The van der Waals surface area contributed by atoms with Crippen molar-refractivity contribution in [2.75, 3.05) is 26.2 Å². The summed E-state index contributed by atoms with van der Waals surface area (Å²) in [6.07, 6.45) is 14.4. The van der Waals surface area contributed by atoms with Crippen LogP contribution in [-0.2, 0) is 4.84 Å². The van der Waals surface area contributed by atoms with E-state index >= 15 is 0 Å². The number of nitrogens with zero attached hydrogens (tertiary/aromatic N) is 2. The van der Waals surface area contributed by atoms with E-state index in [2.05, 4.69) is 60.3 Å². The molecule has 5 aliphatic rings. The van der Waals surface area contributed by atoms with Crippen LogP contribution in [0, 0.1) is 22.7 Å². The van der Waals surface area contributed by atoms with E-state index in [1.165, 1.54) is 30.0 Å². The van der Waals surface area contributed by atoms with Crippen molar-refractivity contribution < 1.29 is 14.4 Å². The van der Waals surface area contributed by atoms with Crippen LogP contribution in [0.5, 0.6) is 0 Å². The highest BCUT2D eigenvalue weighted by molar-refractivity contribution is 5.96. The number of likely N-dealkylation sites (tertiary alicyclic amines) is 1. The highest BCUT2D eigenvalue weighted by atomic mass is 16.6. The molecule has 1 N–H and O–H groups in total. The smallest absolute Gasteiger partial charge is 0.335 e. The lowest BCUT2D eigenvalue weighted by molar-refractivity contribution is -0.176. The van der Waals surface area contributed by atoms with E-state index in [0.717, 1.165) is 82.3 Å². The lowest BCUT2D eigenvalue weighted by Gasteiger charge is -2.61. The second-order valence-electron chi connectivity index (χ2n) is 14.6. The molecule has 230 valence electrons. The van der Waals surface area contributed by atoms with Crippen LogP contribution in [0.15, 0.2) is 74.7 Å². The predicted molar refractivity (Wildman–Crippen MR) is 169 cm³/mol. The third-order valence-electron chi connectivity index (χ3n) is 12.8. The second-order valence-corrected chi connectivity index (χ2v) is 14.6. The molecule has 6 nitrogen and oxygen atoms in total. The maximum Gasteiger partial charge on any atom is 0.335 e. The number of allylic oxidation sites excluding steroid dienone is 2. The van der Waals surface area contributed by atoms with Gasteiger partial charge in [0.05, 0.1) is 17.6 Å². The van der Waals surface area contributed by atoms with Crippen LogP contribution in [0.25, 0.3) is 0 Å². The first-order chi connectivity index (χ1) is 20.8. The van der Waals surface area contributed by atoms with Crippen molar-refractivity contribution in [3.05, 3.63) is 81.9 Å². The Morgan fingerprint density at radius 3 is 2.51 bits per heavy atom. The van der Waals surface area contributed by atoms with Crippen molar-refractivity contribution in [3.63, 3.8) is 0 Å². The van der Waals surface area contributed by atoms with Gasteiger partial charge in [-0.1, -0.05) is 54.9 Å². The number of benzene rings is 1. The summed E-state index contributed by atoms with van der Waals surface area (Å²) in [6, 6.07) is 14.4. The number of fused-ring (bicyclic) bond motifs is 5. The van der Waals surface area contributed by atoms with Crippen LogP contribution in [0.2, 0.25) is 0 Å². The van der Waals surface area contributed by atoms with Gasteiger partial charge in [-0.3, -0.25) is 4.90 Å². The third-order valence-corrected chi connectivity index (χ3v) is 12.8. The summed E-state index contributed by atoms with van der Waals surface area (Å²) < 4.78 is 5.25. The average molecular weight is 585 g/mol. The van der Waals surface area contributed by atoms with Gasteiger partial charge in [-0.2, -0.15) is 0 Å². The summed E-state index contributed by atoms with van der Waals surface area (Å²) in [5, 5.41) is 17.1. The van der Waals surface area contributed by atoms with E-state index in [4.69, 9.17) is 9.25 Å². The van der Waals surface area contributed by atoms with Gasteiger partial charge in [-0.15, -0.1) is 0 Å². The number of piperidine rings is 1. The molecule has 1 aromatic heterocycles.